The van der Waals surface area contributed by atoms with Crippen molar-refractivity contribution >= 4 is 11.9 Å². The van der Waals surface area contributed by atoms with Gasteiger partial charge in [0, 0.05) is 30.8 Å². The first kappa shape index (κ1) is 21.6. The predicted molar refractivity (Wildman–Crippen MR) is 103 cm³/mol. The molecule has 1 saturated carbocycles. The summed E-state index contributed by atoms with van der Waals surface area (Å²) in [6.45, 7) is 1.63. The number of carbonyl (C=O) groups excluding carboxylic acids is 1. The zero-order valence-electron chi connectivity index (χ0n) is 16.3. The van der Waals surface area contributed by atoms with Gasteiger partial charge in [-0.25, -0.2) is 0 Å². The smallest absolute Gasteiger partial charge is 0.416 e. The van der Waals surface area contributed by atoms with E-state index in [1.54, 1.807) is 6.92 Å². The van der Waals surface area contributed by atoms with Crippen LogP contribution < -0.4 is 5.56 Å². The summed E-state index contributed by atoms with van der Waals surface area (Å²) in [4.78, 5) is 39.7. The van der Waals surface area contributed by atoms with Gasteiger partial charge in [-0.15, -0.1) is 0 Å². The SMILES string of the molecule is CCN(Cc1c(-c2cc(CC(=O)O)c[nH]c2=O)cccc1C(F)(F)F)C(=O)C1CC1. The summed E-state index contributed by atoms with van der Waals surface area (Å²) in [5.74, 6) is -1.49. The standard InChI is InChI=1S/C21H21F3N2O4/c1-2-26(20(30)13-6-7-13)11-16-14(4-3-5-17(16)21(22,23)24)15-8-12(9-18(27)28)10-25-19(15)29/h3-5,8,10,13H,2,6-7,9,11H2,1H3,(H,25,29)(H,27,28). The molecule has 30 heavy (non-hydrogen) atoms. The highest BCUT2D eigenvalue weighted by Crippen LogP contribution is 2.38. The van der Waals surface area contributed by atoms with Crippen LogP contribution in [0.5, 0.6) is 0 Å². The monoisotopic (exact) mass is 422 g/mol. The van der Waals surface area contributed by atoms with Gasteiger partial charge in [0.1, 0.15) is 0 Å². The summed E-state index contributed by atoms with van der Waals surface area (Å²) >= 11 is 0. The summed E-state index contributed by atoms with van der Waals surface area (Å²) in [7, 11) is 0. The molecule has 0 atom stereocenters. The van der Waals surface area contributed by atoms with Gasteiger partial charge < -0.3 is 15.0 Å². The molecule has 0 aliphatic heterocycles. The molecule has 0 spiro atoms. The number of amides is 1. The maximum Gasteiger partial charge on any atom is 0.416 e. The zero-order valence-corrected chi connectivity index (χ0v) is 16.3. The van der Waals surface area contributed by atoms with E-state index in [1.807, 2.05) is 0 Å². The lowest BCUT2D eigenvalue weighted by Crippen LogP contribution is -2.32. The zero-order chi connectivity index (χ0) is 22.1. The van der Waals surface area contributed by atoms with E-state index in [4.69, 9.17) is 5.11 Å². The Morgan fingerprint density at radius 3 is 2.50 bits per heavy atom. The molecule has 0 bridgehead atoms. The number of rotatable bonds is 7. The van der Waals surface area contributed by atoms with Crippen LogP contribution in [0.1, 0.15) is 36.5 Å². The third-order valence-electron chi connectivity index (χ3n) is 5.06. The summed E-state index contributed by atoms with van der Waals surface area (Å²) in [6, 6.07) is 4.79. The van der Waals surface area contributed by atoms with Gasteiger partial charge in [0.2, 0.25) is 5.91 Å². The fraction of sp³-hybridized carbons (Fsp3) is 0.381. The Kier molecular flexibility index (Phi) is 6.00. The highest BCUT2D eigenvalue weighted by Gasteiger charge is 2.37. The summed E-state index contributed by atoms with van der Waals surface area (Å²) in [5.41, 5.74) is -1.53. The van der Waals surface area contributed by atoms with Crippen LogP contribution in [0.25, 0.3) is 11.1 Å². The Balaban J connectivity index is 2.14. The number of aromatic nitrogens is 1. The maximum absolute atomic E-state index is 13.8. The third-order valence-corrected chi connectivity index (χ3v) is 5.06. The van der Waals surface area contributed by atoms with E-state index in [0.717, 1.165) is 18.9 Å². The summed E-state index contributed by atoms with van der Waals surface area (Å²) < 4.78 is 41.3. The number of nitrogens with zero attached hydrogens (tertiary/aromatic N) is 1. The lowest BCUT2D eigenvalue weighted by Gasteiger charge is -2.25. The summed E-state index contributed by atoms with van der Waals surface area (Å²) in [5, 5.41) is 8.99. The largest absolute Gasteiger partial charge is 0.481 e. The number of aliphatic carboxylic acids is 1. The van der Waals surface area contributed by atoms with Crippen molar-refractivity contribution in [1.82, 2.24) is 9.88 Å². The van der Waals surface area contributed by atoms with Gasteiger partial charge in [-0.2, -0.15) is 13.2 Å². The van der Waals surface area contributed by atoms with Gasteiger partial charge >= 0.3 is 12.1 Å². The van der Waals surface area contributed by atoms with Crippen molar-refractivity contribution in [2.75, 3.05) is 6.54 Å². The minimum Gasteiger partial charge on any atom is -0.481 e. The lowest BCUT2D eigenvalue weighted by molar-refractivity contribution is -0.140. The molecule has 1 aromatic carbocycles. The molecule has 1 heterocycles. The number of nitrogens with one attached hydrogen (secondary N) is 1. The Morgan fingerprint density at radius 1 is 1.23 bits per heavy atom. The van der Waals surface area contributed by atoms with E-state index >= 15 is 0 Å². The molecule has 6 nitrogen and oxygen atoms in total. The topological polar surface area (TPSA) is 90.5 Å². The number of pyridine rings is 1. The number of carboxylic acids is 1. The molecule has 1 amide bonds. The van der Waals surface area contributed by atoms with Gasteiger partial charge in [-0.3, -0.25) is 14.4 Å². The quantitative estimate of drug-likeness (QED) is 0.715. The van der Waals surface area contributed by atoms with Crippen LogP contribution in [0.15, 0.2) is 35.3 Å². The summed E-state index contributed by atoms with van der Waals surface area (Å²) in [6.07, 6.45) is -2.40. The van der Waals surface area contributed by atoms with Crippen LogP contribution in [-0.4, -0.2) is 33.4 Å². The first-order valence-corrected chi connectivity index (χ1v) is 9.53. The van der Waals surface area contributed by atoms with Gasteiger partial charge in [-0.1, -0.05) is 12.1 Å². The Hall–Kier alpha value is -3.10. The number of benzene rings is 1. The minimum absolute atomic E-state index is 0.0281. The van der Waals surface area contributed by atoms with Crippen molar-refractivity contribution < 1.29 is 27.9 Å². The lowest BCUT2D eigenvalue weighted by atomic mass is 9.94. The van der Waals surface area contributed by atoms with Crippen LogP contribution in [0, 0.1) is 5.92 Å². The van der Waals surface area contributed by atoms with E-state index in [1.165, 1.54) is 29.3 Å². The van der Waals surface area contributed by atoms with Crippen molar-refractivity contribution in [3.63, 3.8) is 0 Å². The predicted octanol–water partition coefficient (Wildman–Crippen LogP) is 3.45. The molecule has 2 aromatic rings. The highest BCUT2D eigenvalue weighted by molar-refractivity contribution is 5.81. The Morgan fingerprint density at radius 2 is 1.93 bits per heavy atom. The number of carbonyl (C=O) groups is 2. The molecule has 1 aliphatic rings. The number of alkyl halides is 3. The van der Waals surface area contributed by atoms with E-state index in [9.17, 15) is 27.6 Å². The van der Waals surface area contributed by atoms with Crippen LogP contribution in [0.3, 0.4) is 0 Å². The molecule has 160 valence electrons. The molecule has 0 saturated heterocycles. The normalized spacial score (nSPS) is 13.9. The molecular formula is C21H21F3N2O4. The molecular weight excluding hydrogens is 401 g/mol. The molecule has 1 fully saturated rings. The van der Waals surface area contributed by atoms with Gasteiger partial charge in [0.15, 0.2) is 0 Å². The number of halogens is 3. The van der Waals surface area contributed by atoms with Crippen LogP contribution in [0.2, 0.25) is 0 Å². The fourth-order valence-corrected chi connectivity index (χ4v) is 3.41. The Bertz CT molecular complexity index is 1030. The van der Waals surface area contributed by atoms with Crippen molar-refractivity contribution in [2.24, 2.45) is 5.92 Å². The van der Waals surface area contributed by atoms with Crippen molar-refractivity contribution in [3.05, 3.63) is 57.5 Å². The van der Waals surface area contributed by atoms with Crippen LogP contribution >= 0.6 is 0 Å². The van der Waals surface area contributed by atoms with Crippen molar-refractivity contribution in [3.8, 4) is 11.1 Å². The number of hydrogen-bond acceptors (Lipinski definition) is 3. The first-order chi connectivity index (χ1) is 14.1. The van der Waals surface area contributed by atoms with E-state index in [0.29, 0.717) is 0 Å². The highest BCUT2D eigenvalue weighted by atomic mass is 19.4. The van der Waals surface area contributed by atoms with E-state index in [-0.39, 0.29) is 53.6 Å². The number of carboxylic acid groups (broad SMARTS) is 1. The Labute approximate surface area is 170 Å². The van der Waals surface area contributed by atoms with E-state index < -0.39 is 23.3 Å². The molecule has 1 aromatic heterocycles. The first-order valence-electron chi connectivity index (χ1n) is 9.53. The van der Waals surface area contributed by atoms with Crippen molar-refractivity contribution in [2.45, 2.75) is 38.9 Å². The third kappa shape index (κ3) is 4.72. The van der Waals surface area contributed by atoms with E-state index in [2.05, 4.69) is 4.98 Å². The number of hydrogen-bond donors (Lipinski definition) is 2. The van der Waals surface area contributed by atoms with Gasteiger partial charge in [0.25, 0.3) is 5.56 Å². The molecule has 3 rings (SSSR count). The second kappa shape index (κ2) is 8.33. The molecule has 0 radical (unpaired) electrons. The molecule has 1 aliphatic carbocycles. The minimum atomic E-state index is -4.68. The number of aromatic amines is 1. The maximum atomic E-state index is 13.8. The van der Waals surface area contributed by atoms with Gasteiger partial charge in [0.05, 0.1) is 12.0 Å². The molecule has 0 unspecified atom stereocenters. The van der Waals surface area contributed by atoms with Crippen LogP contribution in [0.4, 0.5) is 13.2 Å². The average Bonchev–Trinajstić information content (AvgIpc) is 3.51. The van der Waals surface area contributed by atoms with Crippen molar-refractivity contribution in [1.29, 1.82) is 0 Å². The number of H-pyrrole nitrogens is 1. The second-order valence-electron chi connectivity index (χ2n) is 7.28. The average molecular weight is 422 g/mol. The van der Waals surface area contributed by atoms with Crippen LogP contribution in [-0.2, 0) is 28.7 Å². The molecule has 9 heteroatoms. The fourth-order valence-electron chi connectivity index (χ4n) is 3.41. The molecule has 2 N–H and O–H groups in total. The van der Waals surface area contributed by atoms with Gasteiger partial charge in [-0.05, 0) is 48.6 Å². The second-order valence-corrected chi connectivity index (χ2v) is 7.28.